The summed E-state index contributed by atoms with van der Waals surface area (Å²) in [5.74, 6) is -0.303. The normalized spacial score (nSPS) is 13.5. The topological polar surface area (TPSA) is 110 Å². The molecule has 1 aliphatic carbocycles. The van der Waals surface area contributed by atoms with E-state index in [1.54, 1.807) is 32.0 Å². The van der Waals surface area contributed by atoms with Crippen molar-refractivity contribution in [3.63, 3.8) is 0 Å². The van der Waals surface area contributed by atoms with E-state index in [9.17, 15) is 18.0 Å². The number of benzene rings is 1. The second kappa shape index (κ2) is 8.24. The van der Waals surface area contributed by atoms with Crippen LogP contribution in [0.2, 0.25) is 0 Å². The summed E-state index contributed by atoms with van der Waals surface area (Å²) in [5.41, 5.74) is 2.23. The van der Waals surface area contributed by atoms with E-state index in [1.807, 2.05) is 0 Å². The maximum Gasteiger partial charge on any atom is 0.267 e. The van der Waals surface area contributed by atoms with Gasteiger partial charge >= 0.3 is 0 Å². The van der Waals surface area contributed by atoms with Gasteiger partial charge in [0.2, 0.25) is 15.9 Å². The highest BCUT2D eigenvalue weighted by Gasteiger charge is 2.17. The van der Waals surface area contributed by atoms with Gasteiger partial charge in [-0.2, -0.15) is 5.10 Å². The quantitative estimate of drug-likeness (QED) is 0.723. The highest BCUT2D eigenvalue weighted by molar-refractivity contribution is 7.89. The lowest BCUT2D eigenvalue weighted by atomic mass is 10.2. The Kier molecular flexibility index (Phi) is 5.95. The fraction of sp³-hybridized carbons (Fsp3) is 0.421. The van der Waals surface area contributed by atoms with Crippen molar-refractivity contribution in [3.8, 4) is 0 Å². The Balaban J connectivity index is 1.61. The van der Waals surface area contributed by atoms with Gasteiger partial charge in [-0.1, -0.05) is 13.8 Å². The Morgan fingerprint density at radius 2 is 1.93 bits per heavy atom. The van der Waals surface area contributed by atoms with Gasteiger partial charge in [0, 0.05) is 24.2 Å². The first-order valence-electron chi connectivity index (χ1n) is 9.27. The van der Waals surface area contributed by atoms with Crippen LogP contribution in [0.1, 0.15) is 31.5 Å². The summed E-state index contributed by atoms with van der Waals surface area (Å²) >= 11 is 0. The number of amides is 1. The average Bonchev–Trinajstić information content (AvgIpc) is 3.09. The van der Waals surface area contributed by atoms with Crippen LogP contribution in [-0.2, 0) is 34.2 Å². The molecule has 150 valence electrons. The number of carbonyl (C=O) groups is 1. The number of hydrogen-bond acceptors (Lipinski definition) is 5. The molecule has 1 heterocycles. The first kappa shape index (κ1) is 20.2. The maximum absolute atomic E-state index is 12.4. The second-order valence-electron chi connectivity index (χ2n) is 7.10. The molecule has 0 aliphatic heterocycles. The standard InChI is InChI=1S/C19H24N4O4S/c1-13(2)19(25)21-15-6-8-16(9-7-15)28(26,27)20-10-11-23-18(24)12-14-4-3-5-17(14)22-23/h6-9,12-13,20H,3-5,10-11H2,1-2H3,(H,21,25). The third kappa shape index (κ3) is 4.66. The molecule has 0 radical (unpaired) electrons. The average molecular weight is 404 g/mol. The summed E-state index contributed by atoms with van der Waals surface area (Å²) in [6.07, 6.45) is 2.71. The molecular formula is C19H24N4O4S. The van der Waals surface area contributed by atoms with E-state index in [4.69, 9.17) is 0 Å². The number of sulfonamides is 1. The van der Waals surface area contributed by atoms with Crippen molar-refractivity contribution < 1.29 is 13.2 Å². The minimum Gasteiger partial charge on any atom is -0.326 e. The molecule has 1 aromatic heterocycles. The van der Waals surface area contributed by atoms with Gasteiger partial charge in [0.1, 0.15) is 0 Å². The summed E-state index contributed by atoms with van der Waals surface area (Å²) in [7, 11) is -3.72. The van der Waals surface area contributed by atoms with Gasteiger partial charge in [-0.15, -0.1) is 0 Å². The molecule has 0 atom stereocenters. The van der Waals surface area contributed by atoms with Crippen LogP contribution in [0, 0.1) is 5.92 Å². The van der Waals surface area contributed by atoms with Crippen LogP contribution in [0.4, 0.5) is 5.69 Å². The van der Waals surface area contributed by atoms with Crippen molar-refractivity contribution in [1.82, 2.24) is 14.5 Å². The number of nitrogens with one attached hydrogen (secondary N) is 2. The molecule has 1 aliphatic rings. The Labute approximate surface area is 164 Å². The third-order valence-corrected chi connectivity index (χ3v) is 6.07. The minimum absolute atomic E-state index is 0.0554. The SMILES string of the molecule is CC(C)C(=O)Nc1ccc(S(=O)(=O)NCCn2nc3c(cc2=O)CCC3)cc1. The van der Waals surface area contributed by atoms with Gasteiger partial charge < -0.3 is 5.32 Å². The van der Waals surface area contributed by atoms with Crippen molar-refractivity contribution >= 4 is 21.6 Å². The van der Waals surface area contributed by atoms with Gasteiger partial charge in [0.25, 0.3) is 5.56 Å². The molecule has 0 saturated carbocycles. The van der Waals surface area contributed by atoms with Crippen molar-refractivity contribution in [1.29, 1.82) is 0 Å². The van der Waals surface area contributed by atoms with Crippen LogP contribution in [-0.4, -0.2) is 30.7 Å². The lowest BCUT2D eigenvalue weighted by Crippen LogP contribution is -2.32. The predicted octanol–water partition coefficient (Wildman–Crippen LogP) is 1.30. The van der Waals surface area contributed by atoms with E-state index >= 15 is 0 Å². The highest BCUT2D eigenvalue weighted by Crippen LogP contribution is 2.17. The molecule has 8 nitrogen and oxygen atoms in total. The third-order valence-electron chi connectivity index (χ3n) is 4.60. The number of fused-ring (bicyclic) bond motifs is 1. The Morgan fingerprint density at radius 1 is 1.21 bits per heavy atom. The molecule has 28 heavy (non-hydrogen) atoms. The fourth-order valence-electron chi connectivity index (χ4n) is 2.97. The Morgan fingerprint density at radius 3 is 2.61 bits per heavy atom. The van der Waals surface area contributed by atoms with E-state index in [0.29, 0.717) is 5.69 Å². The molecule has 0 fully saturated rings. The molecule has 2 N–H and O–H groups in total. The van der Waals surface area contributed by atoms with Gasteiger partial charge in [-0.05, 0) is 49.1 Å². The van der Waals surface area contributed by atoms with Crippen LogP contribution in [0.5, 0.6) is 0 Å². The van der Waals surface area contributed by atoms with Crippen molar-refractivity contribution in [3.05, 3.63) is 51.9 Å². The van der Waals surface area contributed by atoms with E-state index in [-0.39, 0.29) is 35.4 Å². The van der Waals surface area contributed by atoms with Gasteiger partial charge in [0.05, 0.1) is 17.1 Å². The van der Waals surface area contributed by atoms with Gasteiger partial charge in [-0.3, -0.25) is 9.59 Å². The molecule has 0 unspecified atom stereocenters. The molecule has 3 rings (SSSR count). The van der Waals surface area contributed by atoms with Crippen molar-refractivity contribution in [2.75, 3.05) is 11.9 Å². The number of anilines is 1. The van der Waals surface area contributed by atoms with Crippen LogP contribution in [0.25, 0.3) is 0 Å². The van der Waals surface area contributed by atoms with E-state index in [2.05, 4.69) is 15.1 Å². The number of aromatic nitrogens is 2. The zero-order chi connectivity index (χ0) is 20.3. The van der Waals surface area contributed by atoms with Crippen molar-refractivity contribution in [2.45, 2.75) is 44.6 Å². The Hall–Kier alpha value is -2.52. The first-order chi connectivity index (χ1) is 13.3. The number of aryl methyl sites for hydroxylation is 2. The summed E-state index contributed by atoms with van der Waals surface area (Å²) in [4.78, 5) is 23.8. The summed E-state index contributed by atoms with van der Waals surface area (Å²) in [6.45, 7) is 3.77. The number of carbonyl (C=O) groups excluding carboxylic acids is 1. The highest BCUT2D eigenvalue weighted by atomic mass is 32.2. The molecule has 9 heteroatoms. The number of rotatable bonds is 7. The molecule has 0 bridgehead atoms. The van der Waals surface area contributed by atoms with Gasteiger partial charge in [-0.25, -0.2) is 17.8 Å². The lowest BCUT2D eigenvalue weighted by molar-refractivity contribution is -0.118. The number of hydrogen-bond donors (Lipinski definition) is 2. The molecule has 2 aromatic rings. The summed E-state index contributed by atoms with van der Waals surface area (Å²) in [6, 6.07) is 7.53. The maximum atomic E-state index is 12.4. The molecular weight excluding hydrogens is 380 g/mol. The lowest BCUT2D eigenvalue weighted by Gasteiger charge is -2.10. The number of nitrogens with zero attached hydrogens (tertiary/aromatic N) is 2. The second-order valence-corrected chi connectivity index (χ2v) is 8.86. The largest absolute Gasteiger partial charge is 0.326 e. The molecule has 0 spiro atoms. The van der Waals surface area contributed by atoms with Gasteiger partial charge in [0.15, 0.2) is 0 Å². The molecule has 0 saturated heterocycles. The van der Waals surface area contributed by atoms with Crippen molar-refractivity contribution in [2.24, 2.45) is 5.92 Å². The minimum atomic E-state index is -3.72. The zero-order valence-corrected chi connectivity index (χ0v) is 16.8. The smallest absolute Gasteiger partial charge is 0.267 e. The van der Waals surface area contributed by atoms with E-state index < -0.39 is 10.0 Å². The van der Waals surface area contributed by atoms with E-state index in [0.717, 1.165) is 30.5 Å². The fourth-order valence-corrected chi connectivity index (χ4v) is 3.99. The monoisotopic (exact) mass is 404 g/mol. The van der Waals surface area contributed by atoms with Crippen LogP contribution in [0.15, 0.2) is 40.0 Å². The molecule has 1 aromatic carbocycles. The van der Waals surface area contributed by atoms with Crippen LogP contribution >= 0.6 is 0 Å². The molecule has 1 amide bonds. The predicted molar refractivity (Wildman–Crippen MR) is 106 cm³/mol. The van der Waals surface area contributed by atoms with Crippen LogP contribution < -0.4 is 15.6 Å². The summed E-state index contributed by atoms with van der Waals surface area (Å²) in [5, 5.41) is 7.04. The Bertz CT molecular complexity index is 1030. The first-order valence-corrected chi connectivity index (χ1v) is 10.7. The van der Waals surface area contributed by atoms with Crippen LogP contribution in [0.3, 0.4) is 0 Å². The zero-order valence-electron chi connectivity index (χ0n) is 15.9. The van der Waals surface area contributed by atoms with E-state index in [1.165, 1.54) is 16.8 Å². The summed E-state index contributed by atoms with van der Waals surface area (Å²) < 4.78 is 28.6.